The Morgan fingerprint density at radius 3 is 2.00 bits per heavy atom. The highest BCUT2D eigenvalue weighted by Crippen LogP contribution is 2.34. The van der Waals surface area contributed by atoms with Gasteiger partial charge in [0.25, 0.3) is 0 Å². The summed E-state index contributed by atoms with van der Waals surface area (Å²) in [6.45, 7) is -1.31. The summed E-state index contributed by atoms with van der Waals surface area (Å²) in [6, 6.07) is 15.1. The molecule has 21 heavy (non-hydrogen) atoms. The Hall–Kier alpha value is -1.85. The predicted octanol–water partition coefficient (Wildman–Crippen LogP) is 3.76. The number of hydroxylamine groups is 1. The van der Waals surface area contributed by atoms with E-state index >= 15 is 0 Å². The van der Waals surface area contributed by atoms with E-state index in [1.807, 2.05) is 48.5 Å². The molecule has 3 rings (SSSR count). The van der Waals surface area contributed by atoms with Gasteiger partial charge in [0.2, 0.25) is 0 Å². The van der Waals surface area contributed by atoms with Crippen molar-refractivity contribution in [3.63, 3.8) is 0 Å². The van der Waals surface area contributed by atoms with Crippen LogP contribution in [-0.4, -0.2) is 12.8 Å². The molecule has 0 heterocycles. The van der Waals surface area contributed by atoms with Crippen molar-refractivity contribution in [1.29, 1.82) is 0 Å². The molecule has 5 heteroatoms. The van der Waals surface area contributed by atoms with Gasteiger partial charge in [0.15, 0.2) is 6.61 Å². The lowest BCUT2D eigenvalue weighted by Gasteiger charge is -2.29. The first kappa shape index (κ1) is 14.1. The largest absolute Gasteiger partial charge is 0.413 e. The van der Waals surface area contributed by atoms with Crippen LogP contribution in [-0.2, 0) is 11.3 Å². The van der Waals surface area contributed by atoms with Gasteiger partial charge in [-0.3, -0.25) is 4.84 Å². The van der Waals surface area contributed by atoms with Crippen LogP contribution in [0.2, 0.25) is 0 Å². The summed E-state index contributed by atoms with van der Waals surface area (Å²) in [5.41, 5.74) is 6.69. The molecule has 0 atom stereocenters. The monoisotopic (exact) mass is 293 g/mol. The van der Waals surface area contributed by atoms with Gasteiger partial charge in [0.1, 0.15) is 0 Å². The van der Waals surface area contributed by atoms with Gasteiger partial charge in [0, 0.05) is 0 Å². The molecule has 1 aliphatic rings. The molecule has 0 spiro atoms. The zero-order valence-electron chi connectivity index (χ0n) is 11.2. The molecule has 1 aliphatic carbocycles. The van der Waals surface area contributed by atoms with E-state index in [1.54, 1.807) is 0 Å². The second-order valence-electron chi connectivity index (χ2n) is 5.03. The molecule has 0 aromatic heterocycles. The van der Waals surface area contributed by atoms with E-state index in [0.29, 0.717) is 0 Å². The Kier molecular flexibility index (Phi) is 3.69. The van der Waals surface area contributed by atoms with E-state index in [1.165, 1.54) is 0 Å². The van der Waals surface area contributed by atoms with Crippen LogP contribution in [0.1, 0.15) is 28.3 Å². The Bertz CT molecular complexity index is 594. The summed E-state index contributed by atoms with van der Waals surface area (Å²) in [6.07, 6.45) is -3.56. The summed E-state index contributed by atoms with van der Waals surface area (Å²) in [5, 5.41) is 0. The lowest BCUT2D eigenvalue weighted by molar-refractivity contribution is -0.192. The van der Waals surface area contributed by atoms with Gasteiger partial charge in [-0.1, -0.05) is 48.5 Å². The second-order valence-corrected chi connectivity index (χ2v) is 5.03. The van der Waals surface area contributed by atoms with Gasteiger partial charge in [-0.25, -0.2) is 0 Å². The molecule has 0 amide bonds. The number of halogens is 3. The molecule has 1 N–H and O–H groups in total. The van der Waals surface area contributed by atoms with Crippen molar-refractivity contribution < 1.29 is 18.0 Å². The summed E-state index contributed by atoms with van der Waals surface area (Å²) in [7, 11) is 0. The summed E-state index contributed by atoms with van der Waals surface area (Å²) < 4.78 is 36.7. The van der Waals surface area contributed by atoms with E-state index in [2.05, 4.69) is 10.3 Å². The topological polar surface area (TPSA) is 21.3 Å². The minimum absolute atomic E-state index is 0.381. The van der Waals surface area contributed by atoms with Crippen LogP contribution < -0.4 is 5.48 Å². The lowest BCUT2D eigenvalue weighted by Crippen LogP contribution is -2.31. The highest BCUT2D eigenvalue weighted by Gasteiger charge is 2.30. The van der Waals surface area contributed by atoms with E-state index in [0.717, 1.165) is 28.7 Å². The minimum atomic E-state index is -4.35. The van der Waals surface area contributed by atoms with Crippen molar-refractivity contribution in [3.8, 4) is 0 Å². The standard InChI is InChI=1S/C16H14F3NO/c17-16(18,19)10-21-20-15-13-7-3-1-5-11(13)9-12-6-2-4-8-14(12)15/h1-8,15,20H,9-10H2. The number of rotatable bonds is 3. The number of nitrogens with one attached hydrogen (secondary N) is 1. The van der Waals surface area contributed by atoms with Crippen LogP contribution >= 0.6 is 0 Å². The first-order chi connectivity index (χ1) is 10.0. The van der Waals surface area contributed by atoms with Crippen LogP contribution in [0.4, 0.5) is 13.2 Å². The van der Waals surface area contributed by atoms with Crippen molar-refractivity contribution in [1.82, 2.24) is 5.48 Å². The number of fused-ring (bicyclic) bond motifs is 2. The molecule has 0 radical (unpaired) electrons. The molecular formula is C16H14F3NO. The van der Waals surface area contributed by atoms with Gasteiger partial charge >= 0.3 is 6.18 Å². The molecular weight excluding hydrogens is 279 g/mol. The van der Waals surface area contributed by atoms with Crippen LogP contribution in [0.5, 0.6) is 0 Å². The first-order valence-corrected chi connectivity index (χ1v) is 6.64. The third kappa shape index (κ3) is 3.09. The molecule has 110 valence electrons. The van der Waals surface area contributed by atoms with Gasteiger partial charge in [-0.15, -0.1) is 0 Å². The Morgan fingerprint density at radius 2 is 1.48 bits per heavy atom. The van der Waals surface area contributed by atoms with Crippen molar-refractivity contribution in [2.24, 2.45) is 0 Å². The SMILES string of the molecule is FC(F)(F)CONC1c2ccccc2Cc2ccccc21. The van der Waals surface area contributed by atoms with Crippen molar-refractivity contribution in [3.05, 3.63) is 70.8 Å². The van der Waals surface area contributed by atoms with E-state index in [-0.39, 0.29) is 6.04 Å². The van der Waals surface area contributed by atoms with Crippen molar-refractivity contribution >= 4 is 0 Å². The van der Waals surface area contributed by atoms with Gasteiger partial charge in [-0.05, 0) is 28.7 Å². The predicted molar refractivity (Wildman–Crippen MR) is 72.7 cm³/mol. The fraction of sp³-hybridized carbons (Fsp3) is 0.250. The zero-order valence-corrected chi connectivity index (χ0v) is 11.2. The molecule has 0 fully saturated rings. The maximum atomic E-state index is 12.2. The maximum absolute atomic E-state index is 12.2. The minimum Gasteiger partial charge on any atom is -0.291 e. The smallest absolute Gasteiger partial charge is 0.291 e. The number of benzene rings is 2. The fourth-order valence-corrected chi connectivity index (χ4v) is 2.66. The number of alkyl halides is 3. The summed E-state index contributed by atoms with van der Waals surface area (Å²) in [5.74, 6) is 0. The molecule has 2 aromatic rings. The molecule has 0 aliphatic heterocycles. The number of hydrogen-bond donors (Lipinski definition) is 1. The third-order valence-corrected chi connectivity index (χ3v) is 3.55. The van der Waals surface area contributed by atoms with Crippen LogP contribution in [0.15, 0.2) is 48.5 Å². The van der Waals surface area contributed by atoms with Crippen LogP contribution in [0, 0.1) is 0 Å². The fourth-order valence-electron chi connectivity index (χ4n) is 2.66. The molecule has 0 saturated carbocycles. The third-order valence-electron chi connectivity index (χ3n) is 3.55. The van der Waals surface area contributed by atoms with E-state index in [4.69, 9.17) is 0 Å². The van der Waals surface area contributed by atoms with E-state index in [9.17, 15) is 13.2 Å². The molecule has 0 saturated heterocycles. The van der Waals surface area contributed by atoms with Gasteiger partial charge in [-0.2, -0.15) is 18.7 Å². The van der Waals surface area contributed by atoms with Crippen molar-refractivity contribution in [2.75, 3.05) is 6.61 Å². The summed E-state index contributed by atoms with van der Waals surface area (Å²) in [4.78, 5) is 4.68. The second kappa shape index (κ2) is 5.50. The Labute approximate surface area is 120 Å². The normalized spacial score (nSPS) is 14.6. The quantitative estimate of drug-likeness (QED) is 0.870. The molecule has 2 nitrogen and oxygen atoms in total. The highest BCUT2D eigenvalue weighted by molar-refractivity contribution is 5.48. The Morgan fingerprint density at radius 1 is 0.952 bits per heavy atom. The molecule has 0 unspecified atom stereocenters. The molecule has 0 bridgehead atoms. The van der Waals surface area contributed by atoms with Gasteiger partial charge in [0.05, 0.1) is 6.04 Å². The van der Waals surface area contributed by atoms with Crippen LogP contribution in [0.3, 0.4) is 0 Å². The summed E-state index contributed by atoms with van der Waals surface area (Å²) >= 11 is 0. The number of hydrogen-bond acceptors (Lipinski definition) is 2. The van der Waals surface area contributed by atoms with Gasteiger partial charge < -0.3 is 0 Å². The Balaban J connectivity index is 1.88. The first-order valence-electron chi connectivity index (χ1n) is 6.64. The molecule has 2 aromatic carbocycles. The average Bonchev–Trinajstić information content (AvgIpc) is 2.45. The van der Waals surface area contributed by atoms with Crippen molar-refractivity contribution in [2.45, 2.75) is 18.6 Å². The lowest BCUT2D eigenvalue weighted by atomic mass is 9.83. The average molecular weight is 293 g/mol. The van der Waals surface area contributed by atoms with E-state index < -0.39 is 12.8 Å². The highest BCUT2D eigenvalue weighted by atomic mass is 19.4. The van der Waals surface area contributed by atoms with Crippen LogP contribution in [0.25, 0.3) is 0 Å². The maximum Gasteiger partial charge on any atom is 0.413 e. The zero-order chi connectivity index (χ0) is 14.9.